The molecule has 1 atom stereocenters. The van der Waals surface area contributed by atoms with Gasteiger partial charge >= 0.3 is 0 Å². The first-order chi connectivity index (χ1) is 8.69. The van der Waals surface area contributed by atoms with Crippen molar-refractivity contribution in [1.82, 2.24) is 15.2 Å². The molecule has 0 bridgehead atoms. The van der Waals surface area contributed by atoms with Crippen LogP contribution in [0.5, 0.6) is 0 Å². The molecule has 1 unspecified atom stereocenters. The predicted molar refractivity (Wildman–Crippen MR) is 77.5 cm³/mol. The molecule has 1 heterocycles. The van der Waals surface area contributed by atoms with E-state index in [2.05, 4.69) is 55.0 Å². The Morgan fingerprint density at radius 1 is 1.28 bits per heavy atom. The Morgan fingerprint density at radius 2 is 2.06 bits per heavy atom. The summed E-state index contributed by atoms with van der Waals surface area (Å²) in [5, 5.41) is 3.47. The summed E-state index contributed by atoms with van der Waals surface area (Å²) in [6.45, 7) is 13.1. The highest BCUT2D eigenvalue weighted by atomic mass is 15.2. The van der Waals surface area contributed by atoms with Crippen LogP contribution >= 0.6 is 0 Å². The fraction of sp³-hybridized carbons (Fsp3) is 0.667. The summed E-state index contributed by atoms with van der Waals surface area (Å²) < 4.78 is 0. The van der Waals surface area contributed by atoms with Gasteiger partial charge in [-0.2, -0.15) is 0 Å². The van der Waals surface area contributed by atoms with Crippen molar-refractivity contribution < 1.29 is 0 Å². The van der Waals surface area contributed by atoms with E-state index in [0.29, 0.717) is 12.0 Å². The third kappa shape index (κ3) is 4.75. The van der Waals surface area contributed by atoms with Crippen molar-refractivity contribution in [3.63, 3.8) is 0 Å². The summed E-state index contributed by atoms with van der Waals surface area (Å²) >= 11 is 0. The monoisotopic (exact) mass is 249 g/mol. The molecule has 1 N–H and O–H groups in total. The second kappa shape index (κ2) is 8.22. The topological polar surface area (TPSA) is 28.2 Å². The number of nitrogens with zero attached hydrogens (tertiary/aromatic N) is 2. The molecular weight excluding hydrogens is 222 g/mol. The zero-order valence-corrected chi connectivity index (χ0v) is 12.2. The molecule has 3 heteroatoms. The van der Waals surface area contributed by atoms with Crippen molar-refractivity contribution in [3.05, 3.63) is 30.1 Å². The van der Waals surface area contributed by atoms with E-state index < -0.39 is 0 Å². The predicted octanol–water partition coefficient (Wildman–Crippen LogP) is 2.54. The standard InChI is InChI=1S/C15H27N3/c1-5-16-11-15(13(3)4)18(6-2)12-14-9-7-8-10-17-14/h7-10,13,15-16H,5-6,11-12H2,1-4H3. The molecule has 1 aromatic rings. The van der Waals surface area contributed by atoms with Gasteiger partial charge in [-0.05, 0) is 31.1 Å². The average molecular weight is 249 g/mol. The third-order valence-corrected chi connectivity index (χ3v) is 3.34. The van der Waals surface area contributed by atoms with E-state index in [9.17, 15) is 0 Å². The van der Waals surface area contributed by atoms with Gasteiger partial charge in [0.25, 0.3) is 0 Å². The Hall–Kier alpha value is -0.930. The summed E-state index contributed by atoms with van der Waals surface area (Å²) in [6, 6.07) is 6.70. The zero-order valence-electron chi connectivity index (χ0n) is 12.2. The van der Waals surface area contributed by atoms with Crippen LogP contribution in [0.1, 0.15) is 33.4 Å². The Kier molecular flexibility index (Phi) is 6.91. The third-order valence-electron chi connectivity index (χ3n) is 3.34. The van der Waals surface area contributed by atoms with E-state index in [4.69, 9.17) is 0 Å². The summed E-state index contributed by atoms with van der Waals surface area (Å²) in [5.41, 5.74) is 1.15. The van der Waals surface area contributed by atoms with Crippen LogP contribution in [-0.4, -0.2) is 35.6 Å². The van der Waals surface area contributed by atoms with Crippen LogP contribution in [0.3, 0.4) is 0 Å². The maximum atomic E-state index is 4.43. The number of pyridine rings is 1. The summed E-state index contributed by atoms with van der Waals surface area (Å²) in [7, 11) is 0. The molecule has 0 aliphatic rings. The van der Waals surface area contributed by atoms with Gasteiger partial charge in [-0.3, -0.25) is 9.88 Å². The molecule has 18 heavy (non-hydrogen) atoms. The number of likely N-dealkylation sites (N-methyl/N-ethyl adjacent to an activating group) is 2. The lowest BCUT2D eigenvalue weighted by Crippen LogP contribution is -2.45. The van der Waals surface area contributed by atoms with E-state index in [-0.39, 0.29) is 0 Å². The zero-order chi connectivity index (χ0) is 13.4. The van der Waals surface area contributed by atoms with Gasteiger partial charge in [0.1, 0.15) is 0 Å². The lowest BCUT2D eigenvalue weighted by Gasteiger charge is -2.33. The Balaban J connectivity index is 2.66. The molecule has 102 valence electrons. The van der Waals surface area contributed by atoms with E-state index in [1.54, 1.807) is 0 Å². The average Bonchev–Trinajstić information content (AvgIpc) is 2.38. The lowest BCUT2D eigenvalue weighted by molar-refractivity contribution is 0.150. The van der Waals surface area contributed by atoms with Crippen molar-refractivity contribution in [2.45, 2.75) is 40.3 Å². The molecule has 0 radical (unpaired) electrons. The molecular formula is C15H27N3. The highest BCUT2D eigenvalue weighted by Gasteiger charge is 2.20. The second-order valence-corrected chi connectivity index (χ2v) is 5.00. The van der Waals surface area contributed by atoms with Crippen LogP contribution < -0.4 is 5.32 Å². The maximum absolute atomic E-state index is 4.43. The van der Waals surface area contributed by atoms with Crippen molar-refractivity contribution >= 4 is 0 Å². The fourth-order valence-electron chi connectivity index (χ4n) is 2.24. The molecule has 0 amide bonds. The molecule has 1 aromatic heterocycles. The first-order valence-electron chi connectivity index (χ1n) is 7.03. The molecule has 0 aliphatic carbocycles. The highest BCUT2D eigenvalue weighted by molar-refractivity contribution is 5.03. The van der Waals surface area contributed by atoms with Crippen LogP contribution in [-0.2, 0) is 6.54 Å². The quantitative estimate of drug-likeness (QED) is 0.767. The number of aromatic nitrogens is 1. The number of hydrogen-bond donors (Lipinski definition) is 1. The van der Waals surface area contributed by atoms with E-state index in [1.807, 2.05) is 12.3 Å². The molecule has 0 aliphatic heterocycles. The molecule has 3 nitrogen and oxygen atoms in total. The van der Waals surface area contributed by atoms with Gasteiger partial charge in [-0.1, -0.05) is 33.8 Å². The molecule has 1 rings (SSSR count). The number of rotatable bonds is 8. The second-order valence-electron chi connectivity index (χ2n) is 5.00. The minimum absolute atomic E-state index is 0.567. The van der Waals surface area contributed by atoms with Crippen LogP contribution in [0.15, 0.2) is 24.4 Å². The molecule has 0 spiro atoms. The minimum atomic E-state index is 0.567. The van der Waals surface area contributed by atoms with Crippen molar-refractivity contribution in [2.75, 3.05) is 19.6 Å². The van der Waals surface area contributed by atoms with Crippen LogP contribution in [0.25, 0.3) is 0 Å². The van der Waals surface area contributed by atoms with Gasteiger partial charge in [0.15, 0.2) is 0 Å². The van der Waals surface area contributed by atoms with Gasteiger partial charge < -0.3 is 5.32 Å². The van der Waals surface area contributed by atoms with Crippen molar-refractivity contribution in [1.29, 1.82) is 0 Å². The Labute approximate surface area is 112 Å². The Morgan fingerprint density at radius 3 is 2.56 bits per heavy atom. The SMILES string of the molecule is CCNCC(C(C)C)N(CC)Cc1ccccn1. The van der Waals surface area contributed by atoms with Gasteiger partial charge in [-0.15, -0.1) is 0 Å². The minimum Gasteiger partial charge on any atom is -0.315 e. The summed E-state index contributed by atoms with van der Waals surface area (Å²) in [6.07, 6.45) is 1.87. The largest absolute Gasteiger partial charge is 0.315 e. The maximum Gasteiger partial charge on any atom is 0.0544 e. The van der Waals surface area contributed by atoms with Crippen molar-refractivity contribution in [3.8, 4) is 0 Å². The van der Waals surface area contributed by atoms with Crippen molar-refractivity contribution in [2.24, 2.45) is 5.92 Å². The van der Waals surface area contributed by atoms with E-state index in [1.165, 1.54) is 0 Å². The highest BCUT2D eigenvalue weighted by Crippen LogP contribution is 2.13. The van der Waals surface area contributed by atoms with Crippen LogP contribution in [0.2, 0.25) is 0 Å². The van der Waals surface area contributed by atoms with E-state index in [0.717, 1.165) is 31.9 Å². The first-order valence-corrected chi connectivity index (χ1v) is 7.03. The lowest BCUT2D eigenvalue weighted by atomic mass is 10.0. The number of hydrogen-bond acceptors (Lipinski definition) is 3. The normalized spacial score (nSPS) is 13.2. The van der Waals surface area contributed by atoms with E-state index >= 15 is 0 Å². The Bertz CT molecular complexity index is 311. The van der Waals surface area contributed by atoms with Crippen LogP contribution in [0.4, 0.5) is 0 Å². The van der Waals surface area contributed by atoms with Gasteiger partial charge in [0.2, 0.25) is 0 Å². The van der Waals surface area contributed by atoms with Crippen LogP contribution in [0, 0.1) is 5.92 Å². The van der Waals surface area contributed by atoms with Gasteiger partial charge in [-0.25, -0.2) is 0 Å². The fourth-order valence-corrected chi connectivity index (χ4v) is 2.24. The smallest absolute Gasteiger partial charge is 0.0544 e. The van der Waals surface area contributed by atoms with Gasteiger partial charge in [0.05, 0.1) is 5.69 Å². The molecule has 0 fully saturated rings. The molecule has 0 aromatic carbocycles. The molecule has 0 saturated carbocycles. The number of nitrogens with one attached hydrogen (secondary N) is 1. The summed E-state index contributed by atoms with van der Waals surface area (Å²) in [5.74, 6) is 0.646. The van der Waals surface area contributed by atoms with Gasteiger partial charge in [0, 0.05) is 25.3 Å². The molecule has 0 saturated heterocycles. The first kappa shape index (κ1) is 15.1. The summed E-state index contributed by atoms with van der Waals surface area (Å²) in [4.78, 5) is 6.94.